The standard InChI is InChI=1S/C17H16F3N3O3S/c1-23-16-10(14(22-23)17(18,19)20)9-13(27-16)15(24)21-7-8-26-12-6-4-3-5-11(12)25-2/h3-6,9H,7-8H2,1-2H3,(H,21,24). The highest BCUT2D eigenvalue weighted by atomic mass is 32.1. The molecule has 1 amide bonds. The van der Waals surface area contributed by atoms with Crippen LogP contribution in [0.25, 0.3) is 10.2 Å². The number of nitrogens with one attached hydrogen (secondary N) is 1. The van der Waals surface area contributed by atoms with Crippen LogP contribution in [0.4, 0.5) is 13.2 Å². The molecule has 0 spiro atoms. The first kappa shape index (κ1) is 19.0. The number of para-hydroxylation sites is 2. The zero-order valence-corrected chi connectivity index (χ0v) is 15.3. The number of aromatic nitrogens is 2. The molecule has 2 aromatic heterocycles. The van der Waals surface area contributed by atoms with E-state index in [0.29, 0.717) is 11.5 Å². The van der Waals surface area contributed by atoms with Crippen molar-refractivity contribution < 1.29 is 27.4 Å². The summed E-state index contributed by atoms with van der Waals surface area (Å²) in [4.78, 5) is 12.7. The van der Waals surface area contributed by atoms with Crippen molar-refractivity contribution in [1.82, 2.24) is 15.1 Å². The van der Waals surface area contributed by atoms with Gasteiger partial charge >= 0.3 is 6.18 Å². The third-order valence-corrected chi connectivity index (χ3v) is 4.92. The molecule has 0 fully saturated rings. The van der Waals surface area contributed by atoms with Crippen molar-refractivity contribution in [2.45, 2.75) is 6.18 Å². The highest BCUT2D eigenvalue weighted by Crippen LogP contribution is 2.37. The minimum Gasteiger partial charge on any atom is -0.493 e. The van der Waals surface area contributed by atoms with E-state index < -0.39 is 17.8 Å². The van der Waals surface area contributed by atoms with Crippen molar-refractivity contribution in [3.05, 3.63) is 40.9 Å². The van der Waals surface area contributed by atoms with Gasteiger partial charge < -0.3 is 14.8 Å². The van der Waals surface area contributed by atoms with Crippen LogP contribution >= 0.6 is 11.3 Å². The number of thiophene rings is 1. The van der Waals surface area contributed by atoms with Crippen LogP contribution in [0.1, 0.15) is 15.4 Å². The van der Waals surface area contributed by atoms with E-state index in [0.717, 1.165) is 16.0 Å². The largest absolute Gasteiger partial charge is 0.493 e. The molecule has 0 aliphatic carbocycles. The Balaban J connectivity index is 1.63. The van der Waals surface area contributed by atoms with E-state index in [1.807, 2.05) is 0 Å². The normalized spacial score (nSPS) is 11.6. The number of alkyl halides is 3. The Labute approximate surface area is 156 Å². The molecule has 6 nitrogen and oxygen atoms in total. The number of carbonyl (C=O) groups is 1. The summed E-state index contributed by atoms with van der Waals surface area (Å²) in [6.07, 6.45) is -4.57. The van der Waals surface area contributed by atoms with E-state index in [9.17, 15) is 18.0 Å². The molecule has 1 aromatic carbocycles. The maximum atomic E-state index is 13.0. The molecule has 0 radical (unpaired) electrons. The molecule has 0 saturated heterocycles. The van der Waals surface area contributed by atoms with Crippen LogP contribution in [0.3, 0.4) is 0 Å². The fourth-order valence-electron chi connectivity index (χ4n) is 2.51. The van der Waals surface area contributed by atoms with Gasteiger partial charge in [0.05, 0.1) is 18.5 Å². The van der Waals surface area contributed by atoms with Crippen LogP contribution in [0.5, 0.6) is 11.5 Å². The van der Waals surface area contributed by atoms with Crippen LogP contribution in [0.2, 0.25) is 0 Å². The summed E-state index contributed by atoms with van der Waals surface area (Å²) in [5, 5.41) is 6.04. The SMILES string of the molecule is COc1ccccc1OCCNC(=O)c1cc2c(C(F)(F)F)nn(C)c2s1. The smallest absolute Gasteiger partial charge is 0.435 e. The average molecular weight is 399 g/mol. The van der Waals surface area contributed by atoms with Crippen molar-refractivity contribution in [1.29, 1.82) is 0 Å². The van der Waals surface area contributed by atoms with E-state index in [1.165, 1.54) is 20.2 Å². The zero-order valence-electron chi connectivity index (χ0n) is 14.5. The molecule has 0 aliphatic heterocycles. The lowest BCUT2D eigenvalue weighted by Gasteiger charge is -2.10. The van der Waals surface area contributed by atoms with Gasteiger partial charge in [0, 0.05) is 12.4 Å². The minimum atomic E-state index is -4.57. The fourth-order valence-corrected chi connectivity index (χ4v) is 3.50. The number of nitrogens with zero attached hydrogens (tertiary/aromatic N) is 2. The number of rotatable bonds is 6. The lowest BCUT2D eigenvalue weighted by atomic mass is 10.3. The third kappa shape index (κ3) is 4.00. The number of fused-ring (bicyclic) bond motifs is 1. The number of benzene rings is 1. The summed E-state index contributed by atoms with van der Waals surface area (Å²) in [6.45, 7) is 0.377. The van der Waals surface area contributed by atoms with E-state index >= 15 is 0 Å². The Hall–Kier alpha value is -2.75. The molecule has 3 rings (SSSR count). The monoisotopic (exact) mass is 399 g/mol. The van der Waals surface area contributed by atoms with Gasteiger partial charge in [-0.15, -0.1) is 11.3 Å². The molecule has 144 valence electrons. The summed E-state index contributed by atoms with van der Waals surface area (Å²) in [5.41, 5.74) is -0.991. The van der Waals surface area contributed by atoms with Gasteiger partial charge in [-0.05, 0) is 18.2 Å². The lowest BCUT2D eigenvalue weighted by Crippen LogP contribution is -2.27. The maximum Gasteiger partial charge on any atom is 0.435 e. The first-order valence-electron chi connectivity index (χ1n) is 7.89. The Kier molecular flexibility index (Phi) is 5.26. The molecule has 0 bridgehead atoms. The van der Waals surface area contributed by atoms with E-state index in [4.69, 9.17) is 9.47 Å². The Bertz CT molecular complexity index is 965. The Morgan fingerprint density at radius 2 is 2.00 bits per heavy atom. The van der Waals surface area contributed by atoms with Crippen LogP contribution in [0, 0.1) is 0 Å². The molecule has 2 heterocycles. The van der Waals surface area contributed by atoms with Crippen molar-refractivity contribution in [3.63, 3.8) is 0 Å². The van der Waals surface area contributed by atoms with Crippen LogP contribution < -0.4 is 14.8 Å². The van der Waals surface area contributed by atoms with Gasteiger partial charge in [0.15, 0.2) is 17.2 Å². The second-order valence-electron chi connectivity index (χ2n) is 5.55. The zero-order chi connectivity index (χ0) is 19.6. The second-order valence-corrected chi connectivity index (χ2v) is 6.59. The molecule has 0 aliphatic rings. The van der Waals surface area contributed by atoms with Crippen LogP contribution in [0.15, 0.2) is 30.3 Å². The number of hydrogen-bond acceptors (Lipinski definition) is 5. The molecule has 0 saturated carbocycles. The number of hydrogen-bond donors (Lipinski definition) is 1. The van der Waals surface area contributed by atoms with Gasteiger partial charge in [-0.2, -0.15) is 18.3 Å². The molecule has 0 atom stereocenters. The van der Waals surface area contributed by atoms with Gasteiger partial charge in [-0.3, -0.25) is 9.48 Å². The van der Waals surface area contributed by atoms with Crippen LogP contribution in [-0.2, 0) is 13.2 Å². The van der Waals surface area contributed by atoms with Crippen LogP contribution in [-0.4, -0.2) is 35.9 Å². The quantitative estimate of drug-likeness (QED) is 0.645. The van der Waals surface area contributed by atoms with E-state index in [-0.39, 0.29) is 28.2 Å². The average Bonchev–Trinajstić information content (AvgIpc) is 3.19. The topological polar surface area (TPSA) is 65.4 Å². The number of ether oxygens (including phenoxy) is 2. The number of carbonyl (C=O) groups excluding carboxylic acids is 1. The molecule has 3 aromatic rings. The molecule has 0 unspecified atom stereocenters. The number of methoxy groups -OCH3 is 1. The van der Waals surface area contributed by atoms with Gasteiger partial charge in [0.2, 0.25) is 0 Å². The summed E-state index contributed by atoms with van der Waals surface area (Å²) >= 11 is 0.957. The molecule has 27 heavy (non-hydrogen) atoms. The minimum absolute atomic E-state index is 0.0783. The van der Waals surface area contributed by atoms with Gasteiger partial charge in [0.25, 0.3) is 5.91 Å². The highest BCUT2D eigenvalue weighted by molar-refractivity contribution is 7.20. The first-order chi connectivity index (χ1) is 12.8. The lowest BCUT2D eigenvalue weighted by molar-refractivity contribution is -0.140. The third-order valence-electron chi connectivity index (χ3n) is 3.72. The number of amides is 1. The number of halogens is 3. The first-order valence-corrected chi connectivity index (χ1v) is 8.70. The van der Waals surface area contributed by atoms with E-state index in [1.54, 1.807) is 24.3 Å². The van der Waals surface area contributed by atoms with Crippen molar-refractivity contribution in [2.75, 3.05) is 20.3 Å². The summed E-state index contributed by atoms with van der Waals surface area (Å²) in [7, 11) is 2.94. The highest BCUT2D eigenvalue weighted by Gasteiger charge is 2.37. The van der Waals surface area contributed by atoms with Gasteiger partial charge in [0.1, 0.15) is 11.4 Å². The van der Waals surface area contributed by atoms with Gasteiger partial charge in [-0.1, -0.05) is 12.1 Å². The Morgan fingerprint density at radius 3 is 2.67 bits per heavy atom. The van der Waals surface area contributed by atoms with Crippen molar-refractivity contribution in [3.8, 4) is 11.5 Å². The number of aryl methyl sites for hydroxylation is 1. The summed E-state index contributed by atoms with van der Waals surface area (Å²) in [5.74, 6) is 0.644. The molecule has 10 heteroatoms. The maximum absolute atomic E-state index is 13.0. The van der Waals surface area contributed by atoms with E-state index in [2.05, 4.69) is 10.4 Å². The molecular weight excluding hydrogens is 383 g/mol. The predicted octanol–water partition coefficient (Wildman–Crippen LogP) is 3.47. The van der Waals surface area contributed by atoms with Crippen molar-refractivity contribution >= 4 is 27.5 Å². The van der Waals surface area contributed by atoms with Crippen molar-refractivity contribution in [2.24, 2.45) is 7.05 Å². The molecule has 1 N–H and O–H groups in total. The second kappa shape index (κ2) is 7.47. The van der Waals surface area contributed by atoms with Gasteiger partial charge in [-0.25, -0.2) is 0 Å². The fraction of sp³-hybridized carbons (Fsp3) is 0.294. The molecular formula is C17H16F3N3O3S. The Morgan fingerprint density at radius 1 is 1.30 bits per heavy atom. The summed E-state index contributed by atoms with van der Waals surface area (Å²) < 4.78 is 50.9. The predicted molar refractivity (Wildman–Crippen MR) is 94.4 cm³/mol. The summed E-state index contributed by atoms with van der Waals surface area (Å²) in [6, 6.07) is 8.29.